The summed E-state index contributed by atoms with van der Waals surface area (Å²) in [7, 11) is 0. The summed E-state index contributed by atoms with van der Waals surface area (Å²) in [4.78, 5) is 0. The highest BCUT2D eigenvalue weighted by Crippen LogP contribution is 2.24. The zero-order valence-electron chi connectivity index (χ0n) is 15.1. The predicted molar refractivity (Wildman–Crippen MR) is 103 cm³/mol. The number of pyridine rings is 1. The summed E-state index contributed by atoms with van der Waals surface area (Å²) in [6.45, 7) is 2.33. The number of rotatable bonds is 8. The molecule has 0 saturated heterocycles. The number of aliphatic hydroxyl groups is 1. The fraction of sp³-hybridized carbons (Fsp3) is 0.318. The Labute approximate surface area is 154 Å². The fourth-order valence-corrected chi connectivity index (χ4v) is 3.05. The highest BCUT2D eigenvalue weighted by atomic mass is 16.5. The van der Waals surface area contributed by atoms with Gasteiger partial charge in [-0.05, 0) is 36.2 Å². The number of fused-ring (bicyclic) bond motifs is 1. The van der Waals surface area contributed by atoms with E-state index in [0.717, 1.165) is 41.4 Å². The van der Waals surface area contributed by atoms with Gasteiger partial charge in [0.25, 0.3) is 0 Å². The highest BCUT2D eigenvalue weighted by molar-refractivity contribution is 5.75. The molecule has 0 bridgehead atoms. The molecule has 1 aromatic heterocycles. The Morgan fingerprint density at radius 1 is 1.04 bits per heavy atom. The molecule has 1 unspecified atom stereocenters. The van der Waals surface area contributed by atoms with Crippen molar-refractivity contribution in [2.75, 3.05) is 0 Å². The first kappa shape index (κ1) is 18.2. The van der Waals surface area contributed by atoms with Crippen molar-refractivity contribution in [3.8, 4) is 5.75 Å². The zero-order chi connectivity index (χ0) is 18.4. The van der Waals surface area contributed by atoms with Gasteiger partial charge in [0.15, 0.2) is 6.61 Å². The maximum Gasteiger partial charge on any atom is 0.231 e. The first-order valence-corrected chi connectivity index (χ1v) is 9.20. The largest absolute Gasteiger partial charge is 0.618 e. The lowest BCUT2D eigenvalue weighted by Crippen LogP contribution is -2.33. The average molecular weight is 351 g/mol. The van der Waals surface area contributed by atoms with E-state index in [-0.39, 0.29) is 6.61 Å². The molecule has 26 heavy (non-hydrogen) atoms. The lowest BCUT2D eigenvalue weighted by atomic mass is 10.0. The molecule has 0 spiro atoms. The predicted octanol–water partition coefficient (Wildman–Crippen LogP) is 4.67. The Morgan fingerprint density at radius 2 is 1.88 bits per heavy atom. The van der Waals surface area contributed by atoms with Crippen LogP contribution in [0.3, 0.4) is 0 Å². The third-order valence-corrected chi connectivity index (χ3v) is 4.58. The second kappa shape index (κ2) is 8.68. The summed E-state index contributed by atoms with van der Waals surface area (Å²) >= 11 is 0. The van der Waals surface area contributed by atoms with Crippen LogP contribution < -0.4 is 9.47 Å². The maximum atomic E-state index is 12.5. The van der Waals surface area contributed by atoms with Gasteiger partial charge in [0.05, 0.1) is 6.10 Å². The van der Waals surface area contributed by atoms with Crippen LogP contribution in [0.2, 0.25) is 0 Å². The van der Waals surface area contributed by atoms with E-state index >= 15 is 0 Å². The van der Waals surface area contributed by atoms with E-state index in [1.165, 1.54) is 0 Å². The molecule has 0 radical (unpaired) electrons. The number of aliphatic hydroxyl groups excluding tert-OH is 1. The van der Waals surface area contributed by atoms with E-state index in [9.17, 15) is 10.3 Å². The maximum absolute atomic E-state index is 12.5. The summed E-state index contributed by atoms with van der Waals surface area (Å²) < 4.78 is 6.72. The van der Waals surface area contributed by atoms with Crippen molar-refractivity contribution in [2.45, 2.75) is 45.3 Å². The second-order valence-corrected chi connectivity index (χ2v) is 6.55. The number of aromatic nitrogens is 1. The SMILES string of the molecule is CCCCCC(O)c1cccc(OCc2ccc3ccccc3[n+]2[O-])c1. The van der Waals surface area contributed by atoms with Gasteiger partial charge in [-0.3, -0.25) is 0 Å². The molecule has 1 atom stereocenters. The number of unbranched alkanes of at least 4 members (excludes halogenated alkanes) is 2. The summed E-state index contributed by atoms with van der Waals surface area (Å²) in [6, 6.07) is 18.7. The number of hydrogen-bond acceptors (Lipinski definition) is 3. The van der Waals surface area contributed by atoms with Gasteiger partial charge in [0.2, 0.25) is 11.2 Å². The number of nitrogens with zero attached hydrogens (tertiary/aromatic N) is 1. The monoisotopic (exact) mass is 351 g/mol. The Balaban J connectivity index is 1.68. The van der Waals surface area contributed by atoms with E-state index in [4.69, 9.17) is 4.74 Å². The van der Waals surface area contributed by atoms with Crippen LogP contribution in [0.25, 0.3) is 10.9 Å². The van der Waals surface area contributed by atoms with E-state index in [1.54, 1.807) is 12.1 Å². The van der Waals surface area contributed by atoms with Gasteiger partial charge in [-0.15, -0.1) is 0 Å². The van der Waals surface area contributed by atoms with Crippen molar-refractivity contribution >= 4 is 10.9 Å². The molecule has 2 aromatic carbocycles. The topological polar surface area (TPSA) is 56.4 Å². The van der Waals surface area contributed by atoms with Gasteiger partial charge in [0.1, 0.15) is 5.75 Å². The zero-order valence-corrected chi connectivity index (χ0v) is 15.1. The minimum Gasteiger partial charge on any atom is -0.618 e. The summed E-state index contributed by atoms with van der Waals surface area (Å²) in [6.07, 6.45) is 3.55. The van der Waals surface area contributed by atoms with E-state index in [2.05, 4.69) is 6.92 Å². The molecule has 1 heterocycles. The fourth-order valence-electron chi connectivity index (χ4n) is 3.05. The van der Waals surface area contributed by atoms with Gasteiger partial charge < -0.3 is 15.1 Å². The van der Waals surface area contributed by atoms with Crippen LogP contribution in [0.5, 0.6) is 5.75 Å². The van der Waals surface area contributed by atoms with Gasteiger partial charge in [-0.2, -0.15) is 4.73 Å². The van der Waals surface area contributed by atoms with Gasteiger partial charge in [-0.1, -0.05) is 50.5 Å². The standard InChI is InChI=1S/C22H25NO3/c1-2-3-4-12-22(24)18-9-7-10-20(15-18)26-16-19-14-13-17-8-5-6-11-21(17)23(19)25/h5-11,13-15,22,24H,2-4,12,16H2,1H3. The molecule has 4 nitrogen and oxygen atoms in total. The van der Waals surface area contributed by atoms with E-state index < -0.39 is 6.10 Å². The van der Waals surface area contributed by atoms with Crippen LogP contribution in [-0.4, -0.2) is 5.11 Å². The molecule has 4 heteroatoms. The van der Waals surface area contributed by atoms with Crippen molar-refractivity contribution in [1.29, 1.82) is 0 Å². The van der Waals surface area contributed by atoms with Crippen molar-refractivity contribution < 1.29 is 14.6 Å². The molecular weight excluding hydrogens is 326 g/mol. The molecule has 0 aliphatic rings. The Hall–Kier alpha value is -2.59. The van der Waals surface area contributed by atoms with Crippen LogP contribution in [0.4, 0.5) is 0 Å². The minimum absolute atomic E-state index is 0.184. The van der Waals surface area contributed by atoms with Crippen molar-refractivity contribution in [2.24, 2.45) is 0 Å². The molecule has 3 rings (SSSR count). The second-order valence-electron chi connectivity index (χ2n) is 6.55. The molecule has 1 N–H and O–H groups in total. The number of hydrogen-bond donors (Lipinski definition) is 1. The number of benzene rings is 2. The minimum atomic E-state index is -0.477. The molecule has 0 aliphatic carbocycles. The molecule has 136 valence electrons. The van der Waals surface area contributed by atoms with Crippen molar-refractivity contribution in [1.82, 2.24) is 0 Å². The number of ether oxygens (including phenoxy) is 1. The van der Waals surface area contributed by atoms with Gasteiger partial charge >= 0.3 is 0 Å². The van der Waals surface area contributed by atoms with Gasteiger partial charge in [0, 0.05) is 17.5 Å². The van der Waals surface area contributed by atoms with Crippen LogP contribution in [0.1, 0.15) is 50.0 Å². The average Bonchev–Trinajstić information content (AvgIpc) is 2.68. The van der Waals surface area contributed by atoms with E-state index in [0.29, 0.717) is 17.0 Å². The van der Waals surface area contributed by atoms with Gasteiger partial charge in [-0.25, -0.2) is 0 Å². The van der Waals surface area contributed by atoms with Crippen molar-refractivity contribution in [3.63, 3.8) is 0 Å². The summed E-state index contributed by atoms with van der Waals surface area (Å²) in [5.74, 6) is 0.658. The molecule has 0 aliphatic heterocycles. The third kappa shape index (κ3) is 4.33. The normalized spacial score (nSPS) is 12.2. The molecular formula is C22H25NO3. The Bertz CT molecular complexity index is 863. The summed E-state index contributed by atoms with van der Waals surface area (Å²) in [5, 5.41) is 23.7. The van der Waals surface area contributed by atoms with Crippen molar-refractivity contribution in [3.05, 3.63) is 77.1 Å². The van der Waals surface area contributed by atoms with Crippen LogP contribution >= 0.6 is 0 Å². The Kier molecular flexibility index (Phi) is 6.08. The van der Waals surface area contributed by atoms with Crippen LogP contribution in [0, 0.1) is 5.21 Å². The smallest absolute Gasteiger partial charge is 0.231 e. The first-order valence-electron chi connectivity index (χ1n) is 9.20. The third-order valence-electron chi connectivity index (χ3n) is 4.58. The molecule has 0 fully saturated rings. The molecule has 3 aromatic rings. The first-order chi connectivity index (χ1) is 12.7. The quantitative estimate of drug-likeness (QED) is 0.365. The summed E-state index contributed by atoms with van der Waals surface area (Å²) in [5.41, 5.74) is 2.04. The number of para-hydroxylation sites is 1. The Morgan fingerprint density at radius 3 is 2.73 bits per heavy atom. The highest BCUT2D eigenvalue weighted by Gasteiger charge is 2.12. The van der Waals surface area contributed by atoms with Crippen LogP contribution in [-0.2, 0) is 6.61 Å². The van der Waals surface area contributed by atoms with Crippen LogP contribution in [0.15, 0.2) is 60.7 Å². The lowest BCUT2D eigenvalue weighted by molar-refractivity contribution is -0.588. The lowest BCUT2D eigenvalue weighted by Gasteiger charge is -2.13. The van der Waals surface area contributed by atoms with E-state index in [1.807, 2.05) is 48.5 Å². The molecule has 0 amide bonds. The molecule has 0 saturated carbocycles.